The summed E-state index contributed by atoms with van der Waals surface area (Å²) in [6, 6.07) is 6.75. The normalized spacial score (nSPS) is 16.1. The molecule has 1 aromatic carbocycles. The summed E-state index contributed by atoms with van der Waals surface area (Å²) in [6.45, 7) is 6.99. The first-order chi connectivity index (χ1) is 14.0. The number of aromatic nitrogens is 1. The van der Waals surface area contributed by atoms with Crippen LogP contribution in [-0.2, 0) is 0 Å². The number of halogens is 1. The lowest BCUT2D eigenvalue weighted by Crippen LogP contribution is -2.37. The van der Waals surface area contributed by atoms with Crippen molar-refractivity contribution in [2.24, 2.45) is 0 Å². The Kier molecular flexibility index (Phi) is 5.15. The highest BCUT2D eigenvalue weighted by Gasteiger charge is 2.42. The van der Waals surface area contributed by atoms with E-state index >= 15 is 0 Å². The van der Waals surface area contributed by atoms with E-state index in [1.807, 2.05) is 0 Å². The van der Waals surface area contributed by atoms with Crippen LogP contribution in [0.15, 0.2) is 51.9 Å². The Morgan fingerprint density at radius 3 is 2.55 bits per heavy atom. The molecule has 6 nitrogen and oxygen atoms in total. The monoisotopic (exact) mass is 395 g/mol. The van der Waals surface area contributed by atoms with Crippen molar-refractivity contribution in [1.29, 1.82) is 0 Å². The third-order valence-corrected chi connectivity index (χ3v) is 5.50. The third kappa shape index (κ3) is 3.31. The molecule has 0 fully saturated rings. The summed E-state index contributed by atoms with van der Waals surface area (Å²) in [7, 11) is 0. The largest absolute Gasteiger partial charge is 0.450 e. The van der Waals surface area contributed by atoms with Gasteiger partial charge < -0.3 is 14.2 Å². The molecule has 0 radical (unpaired) electrons. The summed E-state index contributed by atoms with van der Waals surface area (Å²) in [5.41, 5.74) is 0.873. The van der Waals surface area contributed by atoms with Crippen LogP contribution in [-0.4, -0.2) is 46.9 Å². The second-order valence-electron chi connectivity index (χ2n) is 7.02. The Balaban J connectivity index is 1.87. The van der Waals surface area contributed by atoms with Gasteiger partial charge in [-0.15, -0.1) is 0 Å². The molecular weight excluding hydrogens is 373 g/mol. The van der Waals surface area contributed by atoms with Crippen LogP contribution >= 0.6 is 0 Å². The van der Waals surface area contributed by atoms with Crippen molar-refractivity contribution >= 4 is 16.9 Å². The number of hydrogen-bond donors (Lipinski definition) is 0. The van der Waals surface area contributed by atoms with Crippen molar-refractivity contribution < 1.29 is 13.6 Å². The van der Waals surface area contributed by atoms with Gasteiger partial charge in [-0.25, -0.2) is 4.39 Å². The second-order valence-corrected chi connectivity index (χ2v) is 7.02. The Morgan fingerprint density at radius 1 is 1.14 bits per heavy atom. The molecule has 1 atom stereocenters. The van der Waals surface area contributed by atoms with Crippen molar-refractivity contribution in [1.82, 2.24) is 14.8 Å². The first kappa shape index (κ1) is 19.3. The third-order valence-electron chi connectivity index (χ3n) is 5.50. The number of benzene rings is 1. The molecule has 3 heterocycles. The van der Waals surface area contributed by atoms with Crippen LogP contribution in [0.3, 0.4) is 0 Å². The maximum atomic E-state index is 13.8. The topological polar surface area (TPSA) is 66.7 Å². The summed E-state index contributed by atoms with van der Waals surface area (Å²) >= 11 is 0. The molecule has 1 aliphatic heterocycles. The van der Waals surface area contributed by atoms with E-state index in [4.69, 9.17) is 4.42 Å². The number of amides is 1. The molecule has 0 saturated heterocycles. The molecule has 0 unspecified atom stereocenters. The van der Waals surface area contributed by atoms with Crippen molar-refractivity contribution in [3.63, 3.8) is 0 Å². The minimum atomic E-state index is -0.583. The highest BCUT2D eigenvalue weighted by Crippen LogP contribution is 2.37. The van der Waals surface area contributed by atoms with Crippen LogP contribution < -0.4 is 5.43 Å². The van der Waals surface area contributed by atoms with Gasteiger partial charge in [-0.1, -0.05) is 13.8 Å². The molecule has 2 aromatic heterocycles. The maximum Gasteiger partial charge on any atom is 0.290 e. The number of rotatable bonds is 6. The first-order valence-electron chi connectivity index (χ1n) is 9.74. The minimum absolute atomic E-state index is 0.0375. The number of carbonyl (C=O) groups is 1. The van der Waals surface area contributed by atoms with E-state index in [1.165, 1.54) is 12.1 Å². The Bertz CT molecular complexity index is 1110. The SMILES string of the molecule is CCN(CC)CCN1C(=O)c2oc3ccc(F)cc3c(=O)c2[C@H]1c1ccncc1. The summed E-state index contributed by atoms with van der Waals surface area (Å²) in [4.78, 5) is 34.4. The Labute approximate surface area is 167 Å². The molecule has 0 aliphatic carbocycles. The van der Waals surface area contributed by atoms with Gasteiger partial charge in [-0.2, -0.15) is 0 Å². The van der Waals surface area contributed by atoms with Crippen molar-refractivity contribution in [2.45, 2.75) is 19.9 Å². The van der Waals surface area contributed by atoms with Gasteiger partial charge in [0.05, 0.1) is 17.0 Å². The first-order valence-corrected chi connectivity index (χ1v) is 9.74. The van der Waals surface area contributed by atoms with Crippen molar-refractivity contribution in [3.05, 3.63) is 75.7 Å². The summed E-state index contributed by atoms with van der Waals surface area (Å²) in [6.07, 6.45) is 3.26. The molecule has 7 heteroatoms. The van der Waals surface area contributed by atoms with E-state index < -0.39 is 11.9 Å². The maximum absolute atomic E-state index is 13.8. The van der Waals surface area contributed by atoms with E-state index in [1.54, 1.807) is 29.4 Å². The summed E-state index contributed by atoms with van der Waals surface area (Å²) < 4.78 is 19.6. The fraction of sp³-hybridized carbons (Fsp3) is 0.318. The zero-order chi connectivity index (χ0) is 20.5. The average Bonchev–Trinajstić information content (AvgIpc) is 3.02. The lowest BCUT2D eigenvalue weighted by atomic mass is 9.99. The smallest absolute Gasteiger partial charge is 0.290 e. The standard InChI is InChI=1S/C22H22FN3O3/c1-3-25(4-2)11-12-26-19(14-7-9-24-10-8-14)18-20(27)16-13-15(23)5-6-17(16)29-21(18)22(26)28/h5-10,13,19H,3-4,11-12H2,1-2H3/t19-/m1/s1. The van der Waals surface area contributed by atoms with Gasteiger partial charge in [0.2, 0.25) is 5.76 Å². The fourth-order valence-corrected chi connectivity index (χ4v) is 3.90. The van der Waals surface area contributed by atoms with Crippen LogP contribution in [0.1, 0.15) is 41.6 Å². The van der Waals surface area contributed by atoms with Crippen LogP contribution in [0.5, 0.6) is 0 Å². The molecular formula is C22H22FN3O3. The molecule has 1 amide bonds. The van der Waals surface area contributed by atoms with Crippen LogP contribution in [0.25, 0.3) is 11.0 Å². The average molecular weight is 395 g/mol. The lowest BCUT2D eigenvalue weighted by molar-refractivity contribution is 0.0708. The second kappa shape index (κ2) is 7.75. The predicted octanol–water partition coefficient (Wildman–Crippen LogP) is 3.21. The predicted molar refractivity (Wildman–Crippen MR) is 107 cm³/mol. The van der Waals surface area contributed by atoms with Crippen LogP contribution in [0.4, 0.5) is 4.39 Å². The molecule has 4 rings (SSSR count). The highest BCUT2D eigenvalue weighted by molar-refractivity contribution is 5.99. The number of fused-ring (bicyclic) bond motifs is 2. The lowest BCUT2D eigenvalue weighted by Gasteiger charge is -2.28. The number of hydrogen-bond acceptors (Lipinski definition) is 5. The van der Waals surface area contributed by atoms with Gasteiger partial charge in [0.1, 0.15) is 11.4 Å². The fourth-order valence-electron chi connectivity index (χ4n) is 3.90. The highest BCUT2D eigenvalue weighted by atomic mass is 19.1. The molecule has 0 saturated carbocycles. The van der Waals surface area contributed by atoms with E-state index in [2.05, 4.69) is 23.7 Å². The number of nitrogens with zero attached hydrogens (tertiary/aromatic N) is 3. The van der Waals surface area contributed by atoms with Gasteiger partial charge in [-0.3, -0.25) is 14.6 Å². The summed E-state index contributed by atoms with van der Waals surface area (Å²) in [5.74, 6) is -0.805. The molecule has 1 aliphatic rings. The summed E-state index contributed by atoms with van der Waals surface area (Å²) in [5, 5.41) is 0.140. The quantitative estimate of drug-likeness (QED) is 0.641. The molecule has 0 N–H and O–H groups in total. The van der Waals surface area contributed by atoms with Gasteiger partial charge in [0.25, 0.3) is 5.91 Å². The zero-order valence-electron chi connectivity index (χ0n) is 16.4. The minimum Gasteiger partial charge on any atom is -0.450 e. The van der Waals surface area contributed by atoms with Gasteiger partial charge in [0.15, 0.2) is 5.43 Å². The van der Waals surface area contributed by atoms with Gasteiger partial charge in [0, 0.05) is 25.5 Å². The number of pyridine rings is 1. The van der Waals surface area contributed by atoms with Crippen molar-refractivity contribution in [2.75, 3.05) is 26.2 Å². The van der Waals surface area contributed by atoms with Crippen molar-refractivity contribution in [3.8, 4) is 0 Å². The molecule has 150 valence electrons. The van der Waals surface area contributed by atoms with E-state index in [9.17, 15) is 14.0 Å². The van der Waals surface area contributed by atoms with Gasteiger partial charge >= 0.3 is 0 Å². The number of carbonyl (C=O) groups excluding carboxylic acids is 1. The molecule has 0 spiro atoms. The number of likely N-dealkylation sites (N-methyl/N-ethyl adjacent to an activating group) is 1. The van der Waals surface area contributed by atoms with Crippen LogP contribution in [0.2, 0.25) is 0 Å². The van der Waals surface area contributed by atoms with Crippen LogP contribution in [0, 0.1) is 5.82 Å². The van der Waals surface area contributed by atoms with Gasteiger partial charge in [-0.05, 0) is 49.0 Å². The van der Waals surface area contributed by atoms with E-state index in [0.717, 1.165) is 24.7 Å². The zero-order valence-corrected chi connectivity index (χ0v) is 16.4. The van der Waals surface area contributed by atoms with E-state index in [0.29, 0.717) is 13.1 Å². The Hall–Kier alpha value is -3.06. The molecule has 0 bridgehead atoms. The Morgan fingerprint density at radius 2 is 1.86 bits per heavy atom. The molecule has 3 aromatic rings. The molecule has 29 heavy (non-hydrogen) atoms. The van der Waals surface area contributed by atoms with E-state index in [-0.39, 0.29) is 33.6 Å².